The number of nitro groups is 1. The van der Waals surface area contributed by atoms with Gasteiger partial charge in [0.1, 0.15) is 5.82 Å². The van der Waals surface area contributed by atoms with Crippen LogP contribution in [0.25, 0.3) is 0 Å². The maximum atomic E-state index is 13.5. The van der Waals surface area contributed by atoms with Gasteiger partial charge in [0.05, 0.1) is 16.8 Å². The average molecular weight is 353 g/mol. The molecule has 0 aliphatic carbocycles. The molecule has 8 heteroatoms. The predicted molar refractivity (Wildman–Crippen MR) is 77.9 cm³/mol. The van der Waals surface area contributed by atoms with E-state index in [-0.39, 0.29) is 16.9 Å². The zero-order chi connectivity index (χ0) is 15.4. The van der Waals surface area contributed by atoms with Crippen molar-refractivity contribution >= 4 is 33.5 Å². The standard InChI is InChI=1S/C13H9BrFN3O3/c14-9-1-3-12(11(15)6-9)17-16-7-8-5-10(18(20)21)2-4-13(8)19/h1-7,17,19H/p-1/b16-7-. The summed E-state index contributed by atoms with van der Waals surface area (Å²) in [4.78, 5) is 10.0. The lowest BCUT2D eigenvalue weighted by molar-refractivity contribution is -0.385. The molecule has 0 aliphatic rings. The SMILES string of the molecule is O=[N+]([O-])c1ccc([O-])c(/C=N\Nc2ccc(Br)cc2F)c1. The van der Waals surface area contributed by atoms with Gasteiger partial charge in [-0.1, -0.05) is 27.7 Å². The minimum absolute atomic E-state index is 0.0363. The molecule has 0 bridgehead atoms. The molecule has 0 amide bonds. The zero-order valence-corrected chi connectivity index (χ0v) is 12.0. The van der Waals surface area contributed by atoms with Crippen molar-refractivity contribution in [3.05, 3.63) is 62.4 Å². The minimum Gasteiger partial charge on any atom is -0.872 e. The number of nitrogens with one attached hydrogen (secondary N) is 1. The van der Waals surface area contributed by atoms with Gasteiger partial charge in [-0.25, -0.2) is 4.39 Å². The molecule has 6 nitrogen and oxygen atoms in total. The Morgan fingerprint density at radius 2 is 2.05 bits per heavy atom. The Kier molecular flexibility index (Phi) is 4.49. The lowest BCUT2D eigenvalue weighted by atomic mass is 10.2. The van der Waals surface area contributed by atoms with Gasteiger partial charge in [-0.3, -0.25) is 15.5 Å². The number of halogens is 2. The molecule has 21 heavy (non-hydrogen) atoms. The van der Waals surface area contributed by atoms with Gasteiger partial charge >= 0.3 is 0 Å². The highest BCUT2D eigenvalue weighted by atomic mass is 79.9. The summed E-state index contributed by atoms with van der Waals surface area (Å²) in [5.41, 5.74) is 2.37. The second-order valence-electron chi connectivity index (χ2n) is 3.97. The van der Waals surface area contributed by atoms with E-state index in [2.05, 4.69) is 26.5 Å². The molecule has 108 valence electrons. The van der Waals surface area contributed by atoms with Crippen molar-refractivity contribution in [2.45, 2.75) is 0 Å². The van der Waals surface area contributed by atoms with E-state index in [9.17, 15) is 19.6 Å². The van der Waals surface area contributed by atoms with Gasteiger partial charge in [-0.2, -0.15) is 5.10 Å². The van der Waals surface area contributed by atoms with Gasteiger partial charge in [0.2, 0.25) is 0 Å². The van der Waals surface area contributed by atoms with Crippen LogP contribution in [0.2, 0.25) is 0 Å². The second kappa shape index (κ2) is 6.31. The molecule has 0 fully saturated rings. The molecule has 0 heterocycles. The third-order valence-electron chi connectivity index (χ3n) is 2.52. The van der Waals surface area contributed by atoms with Crippen molar-refractivity contribution in [2.75, 3.05) is 5.43 Å². The summed E-state index contributed by atoms with van der Waals surface area (Å²) in [5, 5.41) is 25.9. The molecule has 2 rings (SSSR count). The Morgan fingerprint density at radius 1 is 1.29 bits per heavy atom. The van der Waals surface area contributed by atoms with E-state index < -0.39 is 16.5 Å². The molecule has 0 spiro atoms. The maximum Gasteiger partial charge on any atom is 0.270 e. The first-order valence-electron chi connectivity index (χ1n) is 5.67. The first-order valence-corrected chi connectivity index (χ1v) is 6.46. The number of hydrogen-bond acceptors (Lipinski definition) is 5. The molecular formula is C13H8BrFN3O3-. The second-order valence-corrected chi connectivity index (χ2v) is 4.89. The Hall–Kier alpha value is -2.48. The Bertz CT molecular complexity index is 722. The number of hydrogen-bond donors (Lipinski definition) is 1. The van der Waals surface area contributed by atoms with Crippen LogP contribution in [-0.4, -0.2) is 11.1 Å². The van der Waals surface area contributed by atoms with Gasteiger partial charge in [0, 0.05) is 16.6 Å². The first kappa shape index (κ1) is 14.9. The van der Waals surface area contributed by atoms with Crippen LogP contribution in [0.15, 0.2) is 46.0 Å². The van der Waals surface area contributed by atoms with Gasteiger partial charge in [0.15, 0.2) is 0 Å². The van der Waals surface area contributed by atoms with Gasteiger partial charge in [-0.05, 0) is 23.8 Å². The highest BCUT2D eigenvalue weighted by Crippen LogP contribution is 2.21. The number of nitro benzene ring substituents is 1. The fourth-order valence-electron chi connectivity index (χ4n) is 1.50. The summed E-state index contributed by atoms with van der Waals surface area (Å²) in [7, 11) is 0. The van der Waals surface area contributed by atoms with Gasteiger partial charge in [-0.15, -0.1) is 0 Å². The van der Waals surface area contributed by atoms with Crippen LogP contribution >= 0.6 is 15.9 Å². The number of anilines is 1. The number of nitrogens with zero attached hydrogens (tertiary/aromatic N) is 2. The lowest BCUT2D eigenvalue weighted by Gasteiger charge is -2.08. The topological polar surface area (TPSA) is 90.6 Å². The summed E-state index contributed by atoms with van der Waals surface area (Å²) in [6.07, 6.45) is 1.11. The molecule has 0 atom stereocenters. The van der Waals surface area contributed by atoms with Crippen LogP contribution in [-0.2, 0) is 0 Å². The summed E-state index contributed by atoms with van der Waals surface area (Å²) in [6.45, 7) is 0. The fraction of sp³-hybridized carbons (Fsp3) is 0. The summed E-state index contributed by atoms with van der Waals surface area (Å²) < 4.78 is 14.1. The summed E-state index contributed by atoms with van der Waals surface area (Å²) >= 11 is 3.12. The van der Waals surface area contributed by atoms with E-state index in [1.165, 1.54) is 12.1 Å². The van der Waals surface area contributed by atoms with Crippen molar-refractivity contribution < 1.29 is 14.4 Å². The molecule has 0 aliphatic heterocycles. The Morgan fingerprint density at radius 3 is 2.71 bits per heavy atom. The van der Waals surface area contributed by atoms with E-state index >= 15 is 0 Å². The monoisotopic (exact) mass is 352 g/mol. The molecule has 0 unspecified atom stereocenters. The van der Waals surface area contributed by atoms with E-state index in [1.54, 1.807) is 6.07 Å². The van der Waals surface area contributed by atoms with Crippen molar-refractivity contribution in [1.29, 1.82) is 0 Å². The van der Waals surface area contributed by atoms with E-state index in [4.69, 9.17) is 0 Å². The average Bonchev–Trinajstić information content (AvgIpc) is 2.43. The van der Waals surface area contributed by atoms with Crippen molar-refractivity contribution in [3.63, 3.8) is 0 Å². The van der Waals surface area contributed by atoms with Crippen molar-refractivity contribution in [2.24, 2.45) is 5.10 Å². The van der Waals surface area contributed by atoms with Crippen molar-refractivity contribution in [1.82, 2.24) is 0 Å². The summed E-state index contributed by atoms with van der Waals surface area (Å²) in [6, 6.07) is 7.63. The van der Waals surface area contributed by atoms with E-state index in [0.29, 0.717) is 4.47 Å². The molecular weight excluding hydrogens is 345 g/mol. The van der Waals surface area contributed by atoms with Crippen LogP contribution in [0.3, 0.4) is 0 Å². The Labute approximate surface area is 127 Å². The molecule has 0 saturated carbocycles. The normalized spacial score (nSPS) is 10.8. The number of non-ortho nitro benzene ring substituents is 1. The van der Waals surface area contributed by atoms with Crippen LogP contribution in [0.1, 0.15) is 5.56 Å². The zero-order valence-electron chi connectivity index (χ0n) is 10.4. The molecule has 0 aromatic heterocycles. The van der Waals surface area contributed by atoms with Gasteiger partial charge < -0.3 is 5.11 Å². The highest BCUT2D eigenvalue weighted by molar-refractivity contribution is 9.10. The lowest BCUT2D eigenvalue weighted by Crippen LogP contribution is -2.00. The number of benzene rings is 2. The number of hydrazone groups is 1. The van der Waals surface area contributed by atoms with E-state index in [1.807, 2.05) is 0 Å². The van der Waals surface area contributed by atoms with Crippen LogP contribution in [0, 0.1) is 15.9 Å². The molecule has 2 aromatic rings. The quantitative estimate of drug-likeness (QED) is 0.520. The largest absolute Gasteiger partial charge is 0.872 e. The minimum atomic E-state index is -0.613. The highest BCUT2D eigenvalue weighted by Gasteiger charge is 2.05. The van der Waals surface area contributed by atoms with Crippen LogP contribution < -0.4 is 10.5 Å². The smallest absolute Gasteiger partial charge is 0.270 e. The number of rotatable bonds is 4. The third kappa shape index (κ3) is 3.76. The van der Waals surface area contributed by atoms with Crippen LogP contribution in [0.4, 0.5) is 15.8 Å². The van der Waals surface area contributed by atoms with Crippen molar-refractivity contribution in [3.8, 4) is 5.75 Å². The molecule has 0 radical (unpaired) electrons. The fourth-order valence-corrected chi connectivity index (χ4v) is 1.83. The molecule has 2 aromatic carbocycles. The van der Waals surface area contributed by atoms with E-state index in [0.717, 1.165) is 24.4 Å². The van der Waals surface area contributed by atoms with Gasteiger partial charge in [0.25, 0.3) is 5.69 Å². The summed E-state index contributed by atoms with van der Waals surface area (Å²) in [5.74, 6) is -0.939. The predicted octanol–water partition coefficient (Wildman–Crippen LogP) is 3.02. The Balaban J connectivity index is 2.17. The first-order chi connectivity index (χ1) is 9.97. The van der Waals surface area contributed by atoms with Crippen LogP contribution in [0.5, 0.6) is 5.75 Å². The maximum absolute atomic E-state index is 13.5. The molecule has 0 saturated heterocycles. The molecule has 1 N–H and O–H groups in total. The third-order valence-corrected chi connectivity index (χ3v) is 3.02.